The molecule has 3 aromatic rings. The van der Waals surface area contributed by atoms with Crippen molar-refractivity contribution in [2.75, 3.05) is 14.1 Å². The van der Waals surface area contributed by atoms with Crippen molar-refractivity contribution < 1.29 is 4.79 Å². The Balaban J connectivity index is 1.74. The van der Waals surface area contributed by atoms with Crippen LogP contribution >= 0.6 is 0 Å². The van der Waals surface area contributed by atoms with Crippen molar-refractivity contribution in [3.05, 3.63) is 66.7 Å². The number of ketones is 1. The van der Waals surface area contributed by atoms with E-state index in [4.69, 9.17) is 4.98 Å². The van der Waals surface area contributed by atoms with Crippen LogP contribution in [0.3, 0.4) is 0 Å². The van der Waals surface area contributed by atoms with Crippen molar-refractivity contribution in [1.82, 2.24) is 14.5 Å². The van der Waals surface area contributed by atoms with E-state index in [2.05, 4.69) is 10.4 Å². The van der Waals surface area contributed by atoms with Crippen LogP contribution < -0.4 is 5.56 Å². The third-order valence-electron chi connectivity index (χ3n) is 6.07. The molecule has 1 aromatic carbocycles. The normalized spacial score (nSPS) is 16.9. The molecule has 0 amide bonds. The minimum atomic E-state index is -1.14. The van der Waals surface area contributed by atoms with Crippen molar-refractivity contribution in [3.8, 4) is 11.4 Å². The van der Waals surface area contributed by atoms with E-state index in [1.54, 1.807) is 22.8 Å². The molecule has 1 atom stereocenters. The summed E-state index contributed by atoms with van der Waals surface area (Å²) in [5.41, 5.74) is 4.56. The molecule has 156 valence electrons. The molecule has 0 N–H and O–H groups in total. The standard InChI is InChI=1S/C22H19N5O4/c1-26(2)10-15-13-7-11-9-27-18(20(11)23-16(13)4-5-17(15)24-30)8-14-12(22(27)29)3-6-19(28)21(14)25-31/h4-5,7-8,21H,3,6,9-10H2,1-2H3. The summed E-state index contributed by atoms with van der Waals surface area (Å²) in [6.07, 6.45) is 0.453. The fourth-order valence-corrected chi connectivity index (χ4v) is 4.65. The van der Waals surface area contributed by atoms with Crippen molar-refractivity contribution in [1.29, 1.82) is 0 Å². The zero-order valence-electron chi connectivity index (χ0n) is 17.1. The number of pyridine rings is 2. The average molecular weight is 417 g/mol. The van der Waals surface area contributed by atoms with Gasteiger partial charge in [0.2, 0.25) is 0 Å². The number of carbonyl (C=O) groups excluding carboxylic acids is 1. The third-order valence-corrected chi connectivity index (χ3v) is 6.07. The molecule has 9 nitrogen and oxygen atoms in total. The van der Waals surface area contributed by atoms with E-state index >= 15 is 0 Å². The second kappa shape index (κ2) is 6.98. The minimum Gasteiger partial charge on any atom is -0.305 e. The molecule has 0 saturated heterocycles. The van der Waals surface area contributed by atoms with Gasteiger partial charge in [-0.15, -0.1) is 9.81 Å². The molecular weight excluding hydrogens is 398 g/mol. The Morgan fingerprint density at radius 3 is 2.68 bits per heavy atom. The van der Waals surface area contributed by atoms with Gasteiger partial charge >= 0.3 is 0 Å². The van der Waals surface area contributed by atoms with Gasteiger partial charge in [-0.3, -0.25) is 9.59 Å². The average Bonchev–Trinajstić information content (AvgIpc) is 3.10. The molecule has 31 heavy (non-hydrogen) atoms. The Labute approximate surface area is 176 Å². The number of nitrogens with zero attached hydrogens (tertiary/aromatic N) is 5. The SMILES string of the molecule is CN(C)Cc1c(N=O)ccc2nc3c(cc12)Cn1c-3cc2c(c1=O)CCC(=O)C2N=O. The highest BCUT2D eigenvalue weighted by molar-refractivity contribution is 5.91. The quantitative estimate of drug-likeness (QED) is 0.471. The summed E-state index contributed by atoms with van der Waals surface area (Å²) in [7, 11) is 3.82. The van der Waals surface area contributed by atoms with Crippen LogP contribution in [-0.4, -0.2) is 34.3 Å². The molecule has 1 aliphatic carbocycles. The van der Waals surface area contributed by atoms with Crippen molar-refractivity contribution >= 4 is 22.4 Å². The predicted octanol–water partition coefficient (Wildman–Crippen LogP) is 3.21. The monoisotopic (exact) mass is 417 g/mol. The van der Waals surface area contributed by atoms with Gasteiger partial charge in [0.15, 0.2) is 11.8 Å². The summed E-state index contributed by atoms with van der Waals surface area (Å²) in [5, 5.41) is 6.97. The van der Waals surface area contributed by atoms with Gasteiger partial charge in [0.25, 0.3) is 5.56 Å². The minimum absolute atomic E-state index is 0.141. The molecule has 0 saturated carbocycles. The van der Waals surface area contributed by atoms with Crippen LogP contribution in [0.1, 0.15) is 34.7 Å². The van der Waals surface area contributed by atoms with Gasteiger partial charge in [0, 0.05) is 35.0 Å². The van der Waals surface area contributed by atoms with Crippen LogP contribution in [0.2, 0.25) is 0 Å². The van der Waals surface area contributed by atoms with Gasteiger partial charge in [0.1, 0.15) is 5.69 Å². The highest BCUT2D eigenvalue weighted by Crippen LogP contribution is 2.38. The number of fused-ring (bicyclic) bond motifs is 5. The van der Waals surface area contributed by atoms with Gasteiger partial charge in [-0.05, 0) is 55.5 Å². The summed E-state index contributed by atoms with van der Waals surface area (Å²) in [6.45, 7) is 0.863. The first-order valence-electron chi connectivity index (χ1n) is 9.98. The Hall–Kier alpha value is -3.59. The lowest BCUT2D eigenvalue weighted by Crippen LogP contribution is -2.30. The number of hydrogen-bond acceptors (Lipinski definition) is 8. The smallest absolute Gasteiger partial charge is 0.254 e. The van der Waals surface area contributed by atoms with Gasteiger partial charge in [-0.2, -0.15) is 0 Å². The Bertz CT molecular complexity index is 1360. The maximum atomic E-state index is 13.2. The molecule has 0 spiro atoms. The third kappa shape index (κ3) is 2.84. The van der Waals surface area contributed by atoms with E-state index in [1.165, 1.54) is 0 Å². The lowest BCUT2D eigenvalue weighted by atomic mass is 9.87. The largest absolute Gasteiger partial charge is 0.305 e. The van der Waals surface area contributed by atoms with E-state index in [0.717, 1.165) is 16.5 Å². The molecule has 5 rings (SSSR count). The number of aromatic nitrogens is 2. The van der Waals surface area contributed by atoms with Crippen LogP contribution in [0.4, 0.5) is 5.69 Å². The first-order chi connectivity index (χ1) is 14.9. The predicted molar refractivity (Wildman–Crippen MR) is 115 cm³/mol. The molecule has 9 heteroatoms. The number of carbonyl (C=O) groups is 1. The summed E-state index contributed by atoms with van der Waals surface area (Å²) < 4.78 is 1.64. The molecular formula is C22H19N5O4. The highest BCUT2D eigenvalue weighted by Gasteiger charge is 2.34. The second-order valence-electron chi connectivity index (χ2n) is 8.28. The molecule has 2 aliphatic rings. The fraction of sp³-hybridized carbons (Fsp3) is 0.318. The molecule has 1 unspecified atom stereocenters. The molecule has 0 fully saturated rings. The summed E-state index contributed by atoms with van der Waals surface area (Å²) in [5.74, 6) is -0.265. The van der Waals surface area contributed by atoms with Crippen molar-refractivity contribution in [2.45, 2.75) is 32.0 Å². The van der Waals surface area contributed by atoms with Crippen LogP contribution in [-0.2, 0) is 24.3 Å². The zero-order valence-corrected chi connectivity index (χ0v) is 17.1. The maximum Gasteiger partial charge on any atom is 0.254 e. The van der Waals surface area contributed by atoms with E-state index in [1.807, 2.05) is 25.1 Å². The number of hydrogen-bond donors (Lipinski definition) is 0. The summed E-state index contributed by atoms with van der Waals surface area (Å²) in [4.78, 5) is 54.7. The number of benzene rings is 1. The molecule has 0 radical (unpaired) electrons. The lowest BCUT2D eigenvalue weighted by molar-refractivity contribution is -0.120. The van der Waals surface area contributed by atoms with Crippen LogP contribution in [0.5, 0.6) is 0 Å². The summed E-state index contributed by atoms with van der Waals surface area (Å²) in [6, 6.07) is 5.92. The molecule has 1 aliphatic heterocycles. The number of nitroso groups, excluding NO2 is 2. The van der Waals surface area contributed by atoms with Gasteiger partial charge < -0.3 is 9.47 Å². The number of rotatable bonds is 4. The molecule has 3 heterocycles. The Morgan fingerprint density at radius 2 is 1.97 bits per heavy atom. The van der Waals surface area contributed by atoms with Gasteiger partial charge in [-0.25, -0.2) is 4.98 Å². The fourth-order valence-electron chi connectivity index (χ4n) is 4.65. The molecule has 0 bridgehead atoms. The van der Waals surface area contributed by atoms with Crippen LogP contribution in [0.25, 0.3) is 22.3 Å². The first-order valence-corrected chi connectivity index (χ1v) is 9.98. The van der Waals surface area contributed by atoms with E-state index in [9.17, 15) is 19.4 Å². The lowest BCUT2D eigenvalue weighted by Gasteiger charge is -2.20. The number of Topliss-reactive ketones (excluding diaryl/α,β-unsaturated/α-hetero) is 1. The Morgan fingerprint density at radius 1 is 1.16 bits per heavy atom. The summed E-state index contributed by atoms with van der Waals surface area (Å²) >= 11 is 0. The van der Waals surface area contributed by atoms with E-state index in [0.29, 0.717) is 53.2 Å². The Kier molecular flexibility index (Phi) is 4.37. The van der Waals surface area contributed by atoms with Gasteiger partial charge in [-0.1, -0.05) is 5.18 Å². The molecule has 2 aromatic heterocycles. The van der Waals surface area contributed by atoms with Crippen molar-refractivity contribution in [2.24, 2.45) is 10.4 Å². The van der Waals surface area contributed by atoms with Gasteiger partial charge in [0.05, 0.1) is 23.4 Å². The first kappa shape index (κ1) is 19.4. The topological polar surface area (TPSA) is 114 Å². The second-order valence-corrected chi connectivity index (χ2v) is 8.28. The van der Waals surface area contributed by atoms with Crippen molar-refractivity contribution in [3.63, 3.8) is 0 Å². The van der Waals surface area contributed by atoms with Crippen LogP contribution in [0.15, 0.2) is 39.4 Å². The van der Waals surface area contributed by atoms with Crippen LogP contribution in [0, 0.1) is 9.81 Å². The van der Waals surface area contributed by atoms with E-state index in [-0.39, 0.29) is 17.8 Å². The van der Waals surface area contributed by atoms with E-state index < -0.39 is 6.04 Å². The zero-order chi connectivity index (χ0) is 21.9. The highest BCUT2D eigenvalue weighted by atomic mass is 16.3. The maximum absolute atomic E-state index is 13.2.